The average molecular weight is 191 g/mol. The molecule has 0 aliphatic heterocycles. The Hall–Kier alpha value is -1.76. The SMILES string of the molecule is C#CCN(C)C(=O)CCn1ccnc1. The van der Waals surface area contributed by atoms with Crippen LogP contribution in [0.15, 0.2) is 18.7 Å². The second-order valence-electron chi connectivity index (χ2n) is 3.00. The van der Waals surface area contributed by atoms with Crippen LogP contribution in [0.3, 0.4) is 0 Å². The maximum atomic E-state index is 11.4. The van der Waals surface area contributed by atoms with E-state index in [0.717, 1.165) is 0 Å². The molecule has 0 saturated carbocycles. The zero-order valence-corrected chi connectivity index (χ0v) is 8.18. The molecule has 0 aliphatic carbocycles. The summed E-state index contributed by atoms with van der Waals surface area (Å²) in [5.41, 5.74) is 0. The van der Waals surface area contributed by atoms with Gasteiger partial charge in [-0.3, -0.25) is 4.79 Å². The first-order valence-corrected chi connectivity index (χ1v) is 4.37. The predicted octanol–water partition coefficient (Wildman–Crippen LogP) is 0.365. The van der Waals surface area contributed by atoms with Gasteiger partial charge in [0.25, 0.3) is 0 Å². The van der Waals surface area contributed by atoms with Crippen LogP contribution in [0.2, 0.25) is 0 Å². The van der Waals surface area contributed by atoms with Crippen LogP contribution in [0.1, 0.15) is 6.42 Å². The Morgan fingerprint density at radius 2 is 2.50 bits per heavy atom. The summed E-state index contributed by atoms with van der Waals surface area (Å²) in [5, 5.41) is 0. The van der Waals surface area contributed by atoms with Gasteiger partial charge in [0.15, 0.2) is 0 Å². The molecule has 4 heteroatoms. The number of aryl methyl sites for hydroxylation is 1. The number of carbonyl (C=O) groups excluding carboxylic acids is 1. The average Bonchev–Trinajstić information content (AvgIpc) is 2.67. The molecule has 0 aromatic carbocycles. The highest BCUT2D eigenvalue weighted by Gasteiger charge is 2.06. The first-order valence-electron chi connectivity index (χ1n) is 4.37. The van der Waals surface area contributed by atoms with Gasteiger partial charge in [-0.25, -0.2) is 4.98 Å². The lowest BCUT2D eigenvalue weighted by atomic mass is 10.3. The smallest absolute Gasteiger partial charge is 0.224 e. The van der Waals surface area contributed by atoms with E-state index in [-0.39, 0.29) is 5.91 Å². The minimum atomic E-state index is 0.0525. The van der Waals surface area contributed by atoms with Crippen molar-refractivity contribution in [1.82, 2.24) is 14.5 Å². The lowest BCUT2D eigenvalue weighted by molar-refractivity contribution is -0.129. The molecule has 0 fully saturated rings. The third-order valence-corrected chi connectivity index (χ3v) is 1.90. The Labute approximate surface area is 83.5 Å². The molecular weight excluding hydrogens is 178 g/mol. The van der Waals surface area contributed by atoms with Crippen LogP contribution in [-0.2, 0) is 11.3 Å². The number of carbonyl (C=O) groups is 1. The molecule has 1 aromatic heterocycles. The molecule has 0 aliphatic rings. The van der Waals surface area contributed by atoms with Crippen LogP contribution < -0.4 is 0 Å². The number of hydrogen-bond acceptors (Lipinski definition) is 2. The summed E-state index contributed by atoms with van der Waals surface area (Å²) in [6.45, 7) is 1.01. The Morgan fingerprint density at radius 3 is 3.07 bits per heavy atom. The summed E-state index contributed by atoms with van der Waals surface area (Å²) in [5.74, 6) is 2.48. The summed E-state index contributed by atoms with van der Waals surface area (Å²) in [6.07, 6.45) is 10.8. The van der Waals surface area contributed by atoms with E-state index in [1.54, 1.807) is 19.6 Å². The third kappa shape index (κ3) is 2.94. The van der Waals surface area contributed by atoms with Crippen LogP contribution in [0, 0.1) is 12.3 Å². The van der Waals surface area contributed by atoms with Crippen molar-refractivity contribution in [2.24, 2.45) is 0 Å². The fourth-order valence-electron chi connectivity index (χ4n) is 1.06. The maximum Gasteiger partial charge on any atom is 0.224 e. The van der Waals surface area contributed by atoms with E-state index in [2.05, 4.69) is 10.9 Å². The summed E-state index contributed by atoms with van der Waals surface area (Å²) in [7, 11) is 1.70. The Balaban J connectivity index is 2.32. The van der Waals surface area contributed by atoms with Gasteiger partial charge < -0.3 is 9.47 Å². The number of rotatable bonds is 4. The minimum absolute atomic E-state index is 0.0525. The van der Waals surface area contributed by atoms with Gasteiger partial charge in [0.05, 0.1) is 12.9 Å². The Kier molecular flexibility index (Phi) is 3.74. The van der Waals surface area contributed by atoms with Gasteiger partial charge in [-0.2, -0.15) is 0 Å². The highest BCUT2D eigenvalue weighted by atomic mass is 16.2. The normalized spacial score (nSPS) is 9.43. The van der Waals surface area contributed by atoms with Crippen LogP contribution in [0.4, 0.5) is 0 Å². The lowest BCUT2D eigenvalue weighted by Crippen LogP contribution is -2.27. The molecule has 1 rings (SSSR count). The van der Waals surface area contributed by atoms with Gasteiger partial charge in [0.1, 0.15) is 0 Å². The van der Waals surface area contributed by atoms with E-state index < -0.39 is 0 Å². The first kappa shape index (κ1) is 10.3. The van der Waals surface area contributed by atoms with Gasteiger partial charge in [-0.15, -0.1) is 6.42 Å². The Morgan fingerprint density at radius 1 is 1.71 bits per heavy atom. The molecule has 1 heterocycles. The third-order valence-electron chi connectivity index (χ3n) is 1.90. The summed E-state index contributed by atoms with van der Waals surface area (Å²) < 4.78 is 1.86. The number of aromatic nitrogens is 2. The van der Waals surface area contributed by atoms with E-state index in [1.807, 2.05) is 10.8 Å². The predicted molar refractivity (Wildman–Crippen MR) is 53.3 cm³/mol. The second kappa shape index (κ2) is 5.07. The number of nitrogens with zero attached hydrogens (tertiary/aromatic N) is 3. The van der Waals surface area contributed by atoms with Crippen molar-refractivity contribution in [2.75, 3.05) is 13.6 Å². The van der Waals surface area contributed by atoms with Crippen LogP contribution in [0.25, 0.3) is 0 Å². The maximum absolute atomic E-state index is 11.4. The highest BCUT2D eigenvalue weighted by molar-refractivity contribution is 5.76. The number of amides is 1. The van der Waals surface area contributed by atoms with E-state index in [9.17, 15) is 4.79 Å². The van der Waals surface area contributed by atoms with Gasteiger partial charge in [0, 0.05) is 32.4 Å². The summed E-state index contributed by atoms with van der Waals surface area (Å²) in [6, 6.07) is 0. The molecule has 1 aromatic rings. The molecule has 0 saturated heterocycles. The zero-order valence-electron chi connectivity index (χ0n) is 8.18. The van der Waals surface area contributed by atoms with Crippen molar-refractivity contribution >= 4 is 5.91 Å². The molecule has 0 N–H and O–H groups in total. The molecule has 0 bridgehead atoms. The molecule has 0 unspecified atom stereocenters. The minimum Gasteiger partial charge on any atom is -0.337 e. The summed E-state index contributed by atoms with van der Waals surface area (Å²) in [4.78, 5) is 16.9. The molecule has 74 valence electrons. The van der Waals surface area contributed by atoms with Crippen molar-refractivity contribution in [3.8, 4) is 12.3 Å². The van der Waals surface area contributed by atoms with Gasteiger partial charge in [-0.05, 0) is 0 Å². The molecular formula is C10H13N3O. The molecule has 4 nitrogen and oxygen atoms in total. The topological polar surface area (TPSA) is 38.1 Å². The van der Waals surface area contributed by atoms with E-state index >= 15 is 0 Å². The fraction of sp³-hybridized carbons (Fsp3) is 0.400. The van der Waals surface area contributed by atoms with Gasteiger partial charge in [-0.1, -0.05) is 5.92 Å². The van der Waals surface area contributed by atoms with E-state index in [1.165, 1.54) is 4.90 Å². The zero-order chi connectivity index (χ0) is 10.4. The number of terminal acetylenes is 1. The van der Waals surface area contributed by atoms with Crippen molar-refractivity contribution in [3.05, 3.63) is 18.7 Å². The quantitative estimate of drug-likeness (QED) is 0.645. The Bertz CT molecular complexity index is 324. The van der Waals surface area contributed by atoms with E-state index in [0.29, 0.717) is 19.5 Å². The van der Waals surface area contributed by atoms with E-state index in [4.69, 9.17) is 6.42 Å². The standard InChI is InChI=1S/C10H13N3O/c1-3-6-12(2)10(14)4-7-13-8-5-11-9-13/h1,5,8-9H,4,6-7H2,2H3. The van der Waals surface area contributed by atoms with Crippen LogP contribution >= 0.6 is 0 Å². The molecule has 14 heavy (non-hydrogen) atoms. The van der Waals surface area contributed by atoms with Crippen LogP contribution in [-0.4, -0.2) is 34.0 Å². The number of hydrogen-bond donors (Lipinski definition) is 0. The van der Waals surface area contributed by atoms with Crippen molar-refractivity contribution in [2.45, 2.75) is 13.0 Å². The highest BCUT2D eigenvalue weighted by Crippen LogP contribution is 1.94. The monoisotopic (exact) mass is 191 g/mol. The van der Waals surface area contributed by atoms with Crippen molar-refractivity contribution in [3.63, 3.8) is 0 Å². The second-order valence-corrected chi connectivity index (χ2v) is 3.00. The largest absolute Gasteiger partial charge is 0.337 e. The van der Waals surface area contributed by atoms with Crippen molar-refractivity contribution < 1.29 is 4.79 Å². The lowest BCUT2D eigenvalue weighted by Gasteiger charge is -2.13. The first-order chi connectivity index (χ1) is 6.74. The number of imidazole rings is 1. The van der Waals surface area contributed by atoms with Gasteiger partial charge >= 0.3 is 0 Å². The van der Waals surface area contributed by atoms with Gasteiger partial charge in [0.2, 0.25) is 5.91 Å². The molecule has 0 atom stereocenters. The van der Waals surface area contributed by atoms with Crippen molar-refractivity contribution in [1.29, 1.82) is 0 Å². The molecule has 0 spiro atoms. The molecule has 0 radical (unpaired) electrons. The van der Waals surface area contributed by atoms with Crippen LogP contribution in [0.5, 0.6) is 0 Å². The molecule has 1 amide bonds. The fourth-order valence-corrected chi connectivity index (χ4v) is 1.06. The summed E-state index contributed by atoms with van der Waals surface area (Å²) >= 11 is 0.